The maximum atomic E-state index is 11.2. The number of nitrogens with two attached hydrogens (primary N) is 1. The molecule has 0 heterocycles. The molecular weight excluding hydrogens is 286 g/mol. The van der Waals surface area contributed by atoms with Crippen molar-refractivity contribution in [1.82, 2.24) is 0 Å². The van der Waals surface area contributed by atoms with Crippen LogP contribution in [-0.4, -0.2) is 26.2 Å². The van der Waals surface area contributed by atoms with Crippen LogP contribution in [0, 0.1) is 0 Å². The van der Waals surface area contributed by atoms with Gasteiger partial charge in [0.15, 0.2) is 0 Å². The van der Waals surface area contributed by atoms with Gasteiger partial charge >= 0.3 is 5.97 Å². The summed E-state index contributed by atoms with van der Waals surface area (Å²) >= 11 is 3.40. The van der Waals surface area contributed by atoms with Crippen LogP contribution in [0.4, 0.5) is 0 Å². The van der Waals surface area contributed by atoms with E-state index in [4.69, 9.17) is 10.5 Å². The average Bonchev–Trinajstić information content (AvgIpc) is 2.35. The zero-order valence-electron chi connectivity index (χ0n) is 9.90. The number of hydrogen-bond donors (Lipinski definition) is 1. The van der Waals surface area contributed by atoms with Gasteiger partial charge in [-0.05, 0) is 36.6 Å². The number of halogens is 1. The highest BCUT2D eigenvalue weighted by Crippen LogP contribution is 2.24. The normalized spacial score (nSPS) is 12.0. The summed E-state index contributed by atoms with van der Waals surface area (Å²) < 4.78 is 10.8. The monoisotopic (exact) mass is 301 g/mol. The SMILES string of the molecule is COC(=O)C(N)CCc1cc(Br)ccc1OC. The Bertz CT molecular complexity index is 395. The van der Waals surface area contributed by atoms with Gasteiger partial charge in [0.2, 0.25) is 0 Å². The van der Waals surface area contributed by atoms with Crippen molar-refractivity contribution in [2.45, 2.75) is 18.9 Å². The molecule has 0 fully saturated rings. The predicted molar refractivity (Wildman–Crippen MR) is 69.0 cm³/mol. The summed E-state index contributed by atoms with van der Waals surface area (Å²) in [6.07, 6.45) is 1.19. The number of methoxy groups -OCH3 is 2. The molecule has 1 unspecified atom stereocenters. The lowest BCUT2D eigenvalue weighted by Crippen LogP contribution is -2.31. The fraction of sp³-hybridized carbons (Fsp3) is 0.417. The number of benzene rings is 1. The number of carbonyl (C=O) groups excluding carboxylic acids is 1. The van der Waals surface area contributed by atoms with E-state index in [1.54, 1.807) is 7.11 Å². The zero-order valence-corrected chi connectivity index (χ0v) is 11.5. The van der Waals surface area contributed by atoms with Crippen molar-refractivity contribution in [3.63, 3.8) is 0 Å². The van der Waals surface area contributed by atoms with Crippen LogP contribution in [0.15, 0.2) is 22.7 Å². The Morgan fingerprint density at radius 3 is 2.76 bits per heavy atom. The van der Waals surface area contributed by atoms with Crippen molar-refractivity contribution in [3.05, 3.63) is 28.2 Å². The first-order valence-corrected chi connectivity index (χ1v) is 6.03. The van der Waals surface area contributed by atoms with Gasteiger partial charge in [-0.1, -0.05) is 15.9 Å². The van der Waals surface area contributed by atoms with Crippen LogP contribution in [0.1, 0.15) is 12.0 Å². The molecule has 0 aromatic heterocycles. The second-order valence-corrected chi connectivity index (χ2v) is 4.54. The van der Waals surface area contributed by atoms with Gasteiger partial charge in [0.05, 0.1) is 14.2 Å². The van der Waals surface area contributed by atoms with Crippen molar-refractivity contribution < 1.29 is 14.3 Å². The summed E-state index contributed by atoms with van der Waals surface area (Å²) in [4.78, 5) is 11.2. The van der Waals surface area contributed by atoms with Gasteiger partial charge < -0.3 is 15.2 Å². The molecule has 1 rings (SSSR count). The topological polar surface area (TPSA) is 61.5 Å². The van der Waals surface area contributed by atoms with Gasteiger partial charge in [-0.2, -0.15) is 0 Å². The molecule has 0 aliphatic carbocycles. The lowest BCUT2D eigenvalue weighted by Gasteiger charge is -2.12. The molecule has 0 saturated heterocycles. The first-order chi connectivity index (χ1) is 8.08. The van der Waals surface area contributed by atoms with Crippen LogP contribution in [0.25, 0.3) is 0 Å². The fourth-order valence-electron chi connectivity index (χ4n) is 1.52. The number of rotatable bonds is 5. The van der Waals surface area contributed by atoms with E-state index in [9.17, 15) is 4.79 Å². The molecule has 0 aliphatic heterocycles. The average molecular weight is 302 g/mol. The molecule has 0 bridgehead atoms. The van der Waals surface area contributed by atoms with E-state index in [-0.39, 0.29) is 5.97 Å². The smallest absolute Gasteiger partial charge is 0.322 e. The number of esters is 1. The molecule has 2 N–H and O–H groups in total. The molecule has 0 saturated carbocycles. The van der Waals surface area contributed by atoms with E-state index in [0.29, 0.717) is 12.8 Å². The highest BCUT2D eigenvalue weighted by atomic mass is 79.9. The number of aryl methyl sites for hydroxylation is 1. The molecule has 1 aromatic rings. The summed E-state index contributed by atoms with van der Waals surface area (Å²) in [7, 11) is 2.95. The molecular formula is C12H16BrNO3. The highest BCUT2D eigenvalue weighted by molar-refractivity contribution is 9.10. The van der Waals surface area contributed by atoms with Crippen molar-refractivity contribution in [1.29, 1.82) is 0 Å². The molecule has 5 heteroatoms. The summed E-state index contributed by atoms with van der Waals surface area (Å²) in [6, 6.07) is 5.15. The standard InChI is InChI=1S/C12H16BrNO3/c1-16-11-6-4-9(13)7-8(11)3-5-10(14)12(15)17-2/h4,6-7,10H,3,5,14H2,1-2H3. The first-order valence-electron chi connectivity index (χ1n) is 5.24. The Labute approximate surface area is 109 Å². The first kappa shape index (κ1) is 14.0. The summed E-state index contributed by atoms with van der Waals surface area (Å²) in [5, 5.41) is 0. The predicted octanol–water partition coefficient (Wildman–Crippen LogP) is 1.89. The van der Waals surface area contributed by atoms with Gasteiger partial charge in [-0.3, -0.25) is 4.79 Å². The van der Waals surface area contributed by atoms with Crippen LogP contribution < -0.4 is 10.5 Å². The molecule has 94 valence electrons. The van der Waals surface area contributed by atoms with E-state index in [2.05, 4.69) is 20.7 Å². The quantitative estimate of drug-likeness (QED) is 0.844. The lowest BCUT2D eigenvalue weighted by molar-refractivity contribution is -0.142. The third kappa shape index (κ3) is 4.02. The highest BCUT2D eigenvalue weighted by Gasteiger charge is 2.14. The van der Waals surface area contributed by atoms with Crippen molar-refractivity contribution in [2.24, 2.45) is 5.73 Å². The number of hydrogen-bond acceptors (Lipinski definition) is 4. The lowest BCUT2D eigenvalue weighted by atomic mass is 10.0. The minimum atomic E-state index is -0.594. The van der Waals surface area contributed by atoms with Crippen LogP contribution in [0.5, 0.6) is 5.75 Å². The second kappa shape index (κ2) is 6.61. The minimum absolute atomic E-state index is 0.390. The Balaban J connectivity index is 2.68. The number of ether oxygens (including phenoxy) is 2. The Hall–Kier alpha value is -1.07. The Morgan fingerprint density at radius 1 is 1.47 bits per heavy atom. The van der Waals surface area contributed by atoms with E-state index >= 15 is 0 Å². The third-order valence-corrected chi connectivity index (χ3v) is 2.96. The van der Waals surface area contributed by atoms with Crippen molar-refractivity contribution >= 4 is 21.9 Å². The van der Waals surface area contributed by atoms with Gasteiger partial charge in [-0.25, -0.2) is 0 Å². The molecule has 0 radical (unpaired) electrons. The molecule has 0 amide bonds. The molecule has 1 aromatic carbocycles. The van der Waals surface area contributed by atoms with E-state index in [0.717, 1.165) is 15.8 Å². The van der Waals surface area contributed by atoms with Crippen LogP contribution in [-0.2, 0) is 16.0 Å². The maximum absolute atomic E-state index is 11.2. The minimum Gasteiger partial charge on any atom is -0.496 e. The van der Waals surface area contributed by atoms with Gasteiger partial charge in [0.1, 0.15) is 11.8 Å². The summed E-state index contributed by atoms with van der Waals surface area (Å²) in [5.74, 6) is 0.407. The van der Waals surface area contributed by atoms with Gasteiger partial charge in [0.25, 0.3) is 0 Å². The summed E-state index contributed by atoms with van der Waals surface area (Å²) in [5.41, 5.74) is 6.69. The molecule has 17 heavy (non-hydrogen) atoms. The Kier molecular flexibility index (Phi) is 5.44. The van der Waals surface area contributed by atoms with Crippen LogP contribution >= 0.6 is 15.9 Å². The Morgan fingerprint density at radius 2 is 2.18 bits per heavy atom. The third-order valence-electron chi connectivity index (χ3n) is 2.47. The van der Waals surface area contributed by atoms with E-state index in [1.165, 1.54) is 7.11 Å². The van der Waals surface area contributed by atoms with Crippen LogP contribution in [0.3, 0.4) is 0 Å². The van der Waals surface area contributed by atoms with Crippen molar-refractivity contribution in [3.8, 4) is 5.75 Å². The fourth-order valence-corrected chi connectivity index (χ4v) is 1.93. The largest absolute Gasteiger partial charge is 0.496 e. The summed E-state index contributed by atoms with van der Waals surface area (Å²) in [6.45, 7) is 0. The molecule has 1 atom stereocenters. The van der Waals surface area contributed by atoms with Gasteiger partial charge in [0, 0.05) is 4.47 Å². The zero-order chi connectivity index (χ0) is 12.8. The molecule has 4 nitrogen and oxygen atoms in total. The molecule has 0 aliphatic rings. The second-order valence-electron chi connectivity index (χ2n) is 3.62. The van der Waals surface area contributed by atoms with E-state index in [1.807, 2.05) is 18.2 Å². The van der Waals surface area contributed by atoms with Gasteiger partial charge in [-0.15, -0.1) is 0 Å². The van der Waals surface area contributed by atoms with E-state index < -0.39 is 6.04 Å². The number of carbonyl (C=O) groups is 1. The van der Waals surface area contributed by atoms with Crippen LogP contribution in [0.2, 0.25) is 0 Å². The molecule has 0 spiro atoms. The van der Waals surface area contributed by atoms with Crippen molar-refractivity contribution in [2.75, 3.05) is 14.2 Å². The maximum Gasteiger partial charge on any atom is 0.322 e.